The van der Waals surface area contributed by atoms with E-state index in [1.807, 2.05) is 0 Å². The van der Waals surface area contributed by atoms with Gasteiger partial charge in [0.2, 0.25) is 0 Å². The van der Waals surface area contributed by atoms with Gasteiger partial charge in [0.05, 0.1) is 0 Å². The Balaban J connectivity index is -0.0000000480. The van der Waals surface area contributed by atoms with Crippen LogP contribution < -0.4 is 0 Å². The second-order valence-electron chi connectivity index (χ2n) is 1.34. The third-order valence-corrected chi connectivity index (χ3v) is 0. The molecule has 0 saturated carbocycles. The number of rotatable bonds is 0. The van der Waals surface area contributed by atoms with Crippen molar-refractivity contribution in [2.24, 2.45) is 0 Å². The van der Waals surface area contributed by atoms with Crippen molar-refractivity contribution in [2.45, 2.75) is 5.89 Å². The van der Waals surface area contributed by atoms with Gasteiger partial charge < -0.3 is 5.48 Å². The Morgan fingerprint density at radius 3 is 1.00 bits per heavy atom. The molecule has 0 aliphatic heterocycles. The quantitative estimate of drug-likeness (QED) is 0.399. The zero-order chi connectivity index (χ0) is 5.58. The summed E-state index contributed by atoms with van der Waals surface area (Å²) in [5.41, 5.74) is 0. The molecule has 0 amide bonds. The largest absolute Gasteiger partial charge is 0.870 e. The molecule has 0 aliphatic carbocycles. The molecule has 0 saturated heterocycles. The van der Waals surface area contributed by atoms with Gasteiger partial charge in [-0.3, -0.25) is 0 Å². The minimum Gasteiger partial charge on any atom is -0.870 e. The summed E-state index contributed by atoms with van der Waals surface area (Å²) in [5, 5.41) is 0. The van der Waals surface area contributed by atoms with Crippen LogP contribution in [0.15, 0.2) is 0 Å². The first-order valence-electron chi connectivity index (χ1n) is 1.66. The third-order valence-electron chi connectivity index (χ3n) is 0. The van der Waals surface area contributed by atoms with Crippen molar-refractivity contribution in [3.05, 3.63) is 0 Å². The van der Waals surface area contributed by atoms with Crippen LogP contribution in [0.4, 0.5) is 0 Å². The van der Waals surface area contributed by atoms with Gasteiger partial charge in [0.25, 0.3) is 0 Å². The Labute approximate surface area is 55.3 Å². The van der Waals surface area contributed by atoms with Crippen LogP contribution in [0.3, 0.4) is 0 Å². The van der Waals surface area contributed by atoms with Gasteiger partial charge in [-0.2, -0.15) is 0 Å². The molecule has 0 aromatic rings. The van der Waals surface area contributed by atoms with Gasteiger partial charge in [0.1, 0.15) is 0 Å². The van der Waals surface area contributed by atoms with Gasteiger partial charge in [-0.1, -0.05) is 0 Å². The average molecular weight is 167 g/mol. The molecule has 7 heavy (non-hydrogen) atoms. The molecule has 0 radical (unpaired) electrons. The maximum Gasteiger partial charge on any atom is -0.870 e. The van der Waals surface area contributed by atoms with Crippen LogP contribution in [0.1, 0.15) is 0 Å². The van der Waals surface area contributed by atoms with Gasteiger partial charge in [-0.15, -0.1) is 7.92 Å². The van der Waals surface area contributed by atoms with E-state index in [4.69, 9.17) is 0 Å². The van der Waals surface area contributed by atoms with Crippen LogP contribution in [0, 0.1) is 0 Å². The summed E-state index contributed by atoms with van der Waals surface area (Å²) < 4.78 is 0. The van der Waals surface area contributed by atoms with Crippen LogP contribution in [0.2, 0.25) is 5.89 Å². The van der Waals surface area contributed by atoms with E-state index in [1.165, 1.54) is 0 Å². The summed E-state index contributed by atoms with van der Waals surface area (Å²) in [7, 11) is 0.380. The summed E-state index contributed by atoms with van der Waals surface area (Å²) >= 11 is 3.88. The molecule has 1 nitrogen and oxygen atoms in total. The first kappa shape index (κ1) is 15.7. The predicted octanol–water partition coefficient (Wildman–Crippen LogP) is 1.76. The standard InChI is InChI=1S/C3H9P.CH3.Ni.H2O/c1-4(2)3;;;/h1-3H3;1H3;;1H2/q;;+1;/p-1. The zero-order valence-electron chi connectivity index (χ0n) is 5.21. The van der Waals surface area contributed by atoms with E-state index < -0.39 is 0 Å². The van der Waals surface area contributed by atoms with E-state index in [9.17, 15) is 0 Å². The van der Waals surface area contributed by atoms with Crippen LogP contribution in [-0.2, 0) is 15.5 Å². The van der Waals surface area contributed by atoms with E-state index in [1.54, 1.807) is 5.89 Å². The van der Waals surface area contributed by atoms with Crippen molar-refractivity contribution in [2.75, 3.05) is 20.0 Å². The summed E-state index contributed by atoms with van der Waals surface area (Å²) in [5.74, 6) is 1.62. The van der Waals surface area contributed by atoms with Gasteiger partial charge in [-0.05, 0) is 20.0 Å². The van der Waals surface area contributed by atoms with Crippen LogP contribution in [0.25, 0.3) is 0 Å². The molecule has 0 heterocycles. The minimum atomic E-state index is 0. The molecule has 0 spiro atoms. The van der Waals surface area contributed by atoms with Gasteiger partial charge in [-0.25, -0.2) is 0 Å². The van der Waals surface area contributed by atoms with E-state index >= 15 is 0 Å². The fraction of sp³-hybridized carbons (Fsp3) is 1.00. The monoisotopic (exact) mass is 166 g/mol. The van der Waals surface area contributed by atoms with E-state index in [0.717, 1.165) is 0 Å². The Kier molecular flexibility index (Phi) is 35.4. The van der Waals surface area contributed by atoms with Crippen molar-refractivity contribution >= 4 is 7.92 Å². The Morgan fingerprint density at radius 2 is 1.00 bits per heavy atom. The fourth-order valence-electron chi connectivity index (χ4n) is 0. The molecule has 0 bridgehead atoms. The average Bonchev–Trinajstić information content (AvgIpc) is 1.41. The van der Waals surface area contributed by atoms with Crippen molar-refractivity contribution < 1.29 is 20.9 Å². The van der Waals surface area contributed by atoms with E-state index in [-0.39, 0.29) is 5.48 Å². The second kappa shape index (κ2) is 15.8. The molecule has 0 atom stereocenters. The summed E-state index contributed by atoms with van der Waals surface area (Å²) in [6, 6.07) is 0. The van der Waals surface area contributed by atoms with E-state index in [2.05, 4.69) is 35.5 Å². The molecule has 0 rings (SSSR count). The number of hydrogen-bond donors (Lipinski definition) is 0. The summed E-state index contributed by atoms with van der Waals surface area (Å²) in [6.07, 6.45) is 0. The Bertz CT molecular complexity index is 16.4. The van der Waals surface area contributed by atoms with Crippen molar-refractivity contribution in [1.82, 2.24) is 0 Å². The predicted molar refractivity (Wildman–Crippen MR) is 32.5 cm³/mol. The molecule has 50 valence electrons. The SMILES string of the molecule is CP(C)C.[CH3][Ni+].[OH-]. The molecule has 0 aliphatic rings. The van der Waals surface area contributed by atoms with Crippen molar-refractivity contribution in [3.8, 4) is 0 Å². The van der Waals surface area contributed by atoms with Crippen molar-refractivity contribution in [1.29, 1.82) is 0 Å². The topological polar surface area (TPSA) is 30.0 Å². The smallest absolute Gasteiger partial charge is 0.870 e. The molecule has 0 fully saturated rings. The fourth-order valence-corrected chi connectivity index (χ4v) is 0. The molecular formula is C4H13NiOP. The van der Waals surface area contributed by atoms with E-state index in [0.29, 0.717) is 7.92 Å². The minimum absolute atomic E-state index is 0. The second-order valence-corrected chi connectivity index (χ2v) is 4.02. The summed E-state index contributed by atoms with van der Waals surface area (Å²) in [6.45, 7) is 6.69. The zero-order valence-corrected chi connectivity index (χ0v) is 7.09. The Hall–Kier alpha value is 0.884. The molecule has 3 heteroatoms. The maximum absolute atomic E-state index is 3.88. The third kappa shape index (κ3) is 210. The van der Waals surface area contributed by atoms with Gasteiger partial charge in [0, 0.05) is 0 Å². The normalized spacial score (nSPS) is 6.14. The molecular weight excluding hydrogens is 154 g/mol. The van der Waals surface area contributed by atoms with Crippen LogP contribution in [0.5, 0.6) is 0 Å². The molecule has 0 aromatic carbocycles. The first-order chi connectivity index (χ1) is 2.73. The maximum atomic E-state index is 3.88. The van der Waals surface area contributed by atoms with Crippen LogP contribution >= 0.6 is 7.92 Å². The van der Waals surface area contributed by atoms with Crippen molar-refractivity contribution in [3.63, 3.8) is 0 Å². The molecule has 1 N–H and O–H groups in total. The van der Waals surface area contributed by atoms with Gasteiger partial charge in [0.15, 0.2) is 0 Å². The van der Waals surface area contributed by atoms with Gasteiger partial charge >= 0.3 is 21.4 Å². The molecule has 0 aromatic heterocycles. The number of hydrogen-bond acceptors (Lipinski definition) is 1. The molecule has 0 unspecified atom stereocenters. The van der Waals surface area contributed by atoms with Crippen LogP contribution in [-0.4, -0.2) is 25.5 Å². The first-order valence-corrected chi connectivity index (χ1v) is 5.33. The summed E-state index contributed by atoms with van der Waals surface area (Å²) in [4.78, 5) is 0. The Morgan fingerprint density at radius 1 is 1.00 bits per heavy atom.